The third kappa shape index (κ3) is 4.00. The standard InChI is InChI=1S/C17H17N5O5/c1-27-16-7-12(22(25)26)6-11(17(16)24)8-18-9-13(23)10-21-15-5-3-2-4-14(15)19-20-21/h2-8,14-15,24H,9-10H2,1H3. The zero-order valence-corrected chi connectivity index (χ0v) is 14.4. The molecule has 3 rings (SSSR count). The highest BCUT2D eigenvalue weighted by Crippen LogP contribution is 2.33. The fourth-order valence-electron chi connectivity index (χ4n) is 2.74. The summed E-state index contributed by atoms with van der Waals surface area (Å²) < 4.78 is 4.92. The van der Waals surface area contributed by atoms with Crippen molar-refractivity contribution in [3.05, 3.63) is 52.1 Å². The van der Waals surface area contributed by atoms with Gasteiger partial charge >= 0.3 is 0 Å². The van der Waals surface area contributed by atoms with Crippen molar-refractivity contribution < 1.29 is 19.6 Å². The first kappa shape index (κ1) is 18.2. The zero-order valence-electron chi connectivity index (χ0n) is 14.4. The second kappa shape index (κ2) is 7.77. The Morgan fingerprint density at radius 2 is 2.22 bits per heavy atom. The molecule has 1 aliphatic carbocycles. The zero-order chi connectivity index (χ0) is 19.4. The van der Waals surface area contributed by atoms with Crippen molar-refractivity contribution in [2.45, 2.75) is 12.1 Å². The Hall–Kier alpha value is -3.56. The number of aromatic hydroxyl groups is 1. The van der Waals surface area contributed by atoms with E-state index in [-0.39, 0.29) is 53.7 Å². The second-order valence-electron chi connectivity index (χ2n) is 5.90. The first-order valence-electron chi connectivity index (χ1n) is 8.09. The summed E-state index contributed by atoms with van der Waals surface area (Å²) in [6.07, 6.45) is 8.81. The van der Waals surface area contributed by atoms with Crippen LogP contribution in [0, 0.1) is 10.1 Å². The summed E-state index contributed by atoms with van der Waals surface area (Å²) in [4.78, 5) is 26.5. The Morgan fingerprint density at radius 1 is 1.44 bits per heavy atom. The van der Waals surface area contributed by atoms with Crippen molar-refractivity contribution in [2.75, 3.05) is 20.2 Å². The molecule has 10 heteroatoms. The molecule has 1 aromatic carbocycles. The predicted octanol–water partition coefficient (Wildman–Crippen LogP) is 1.84. The van der Waals surface area contributed by atoms with Crippen LogP contribution in [0.4, 0.5) is 5.69 Å². The molecule has 0 fully saturated rings. The summed E-state index contributed by atoms with van der Waals surface area (Å²) in [5, 5.41) is 30.7. The molecule has 140 valence electrons. The van der Waals surface area contributed by atoms with Crippen LogP contribution in [0.5, 0.6) is 11.5 Å². The molecule has 2 aliphatic rings. The number of fused-ring (bicyclic) bond motifs is 1. The van der Waals surface area contributed by atoms with E-state index in [9.17, 15) is 20.0 Å². The molecule has 0 bridgehead atoms. The largest absolute Gasteiger partial charge is 0.504 e. The van der Waals surface area contributed by atoms with Crippen LogP contribution >= 0.6 is 0 Å². The molecule has 0 amide bonds. The van der Waals surface area contributed by atoms with Crippen LogP contribution in [-0.2, 0) is 4.79 Å². The van der Waals surface area contributed by atoms with Gasteiger partial charge in [-0.05, 0) is 0 Å². The monoisotopic (exact) mass is 371 g/mol. The number of aliphatic imine (C=N–C) groups is 1. The first-order chi connectivity index (χ1) is 13.0. The van der Waals surface area contributed by atoms with Gasteiger partial charge in [-0.2, -0.15) is 5.11 Å². The summed E-state index contributed by atoms with van der Waals surface area (Å²) in [7, 11) is 1.29. The number of phenols is 1. The van der Waals surface area contributed by atoms with Crippen LogP contribution in [0.3, 0.4) is 0 Å². The maximum Gasteiger partial charge on any atom is 0.274 e. The lowest BCUT2D eigenvalue weighted by Crippen LogP contribution is -2.37. The van der Waals surface area contributed by atoms with Gasteiger partial charge in [0.25, 0.3) is 5.69 Å². The van der Waals surface area contributed by atoms with Gasteiger partial charge in [0.15, 0.2) is 17.3 Å². The number of Topliss-reactive ketones (excluding diaryl/α,β-unsaturated/α-hetero) is 1. The Morgan fingerprint density at radius 3 is 2.96 bits per heavy atom. The lowest BCUT2D eigenvalue weighted by atomic mass is 10.0. The Balaban J connectivity index is 1.64. The number of benzene rings is 1. The van der Waals surface area contributed by atoms with Crippen molar-refractivity contribution in [3.63, 3.8) is 0 Å². The number of hydrogen-bond donors (Lipinski definition) is 1. The summed E-state index contributed by atoms with van der Waals surface area (Å²) in [5.41, 5.74) is -0.159. The fourth-order valence-corrected chi connectivity index (χ4v) is 2.74. The number of ether oxygens (including phenoxy) is 1. The van der Waals surface area contributed by atoms with Gasteiger partial charge in [0.05, 0.1) is 37.2 Å². The van der Waals surface area contributed by atoms with Gasteiger partial charge in [-0.25, -0.2) is 0 Å². The van der Waals surface area contributed by atoms with Crippen LogP contribution in [0.25, 0.3) is 0 Å². The molecule has 0 radical (unpaired) electrons. The molecule has 2 unspecified atom stereocenters. The van der Waals surface area contributed by atoms with Crippen molar-refractivity contribution in [3.8, 4) is 11.5 Å². The molecule has 27 heavy (non-hydrogen) atoms. The molecular formula is C17H17N5O5. The van der Waals surface area contributed by atoms with E-state index in [0.717, 1.165) is 12.1 Å². The summed E-state index contributed by atoms with van der Waals surface area (Å²) in [6, 6.07) is 2.11. The summed E-state index contributed by atoms with van der Waals surface area (Å²) in [6.45, 7) is -0.113. The molecule has 1 aromatic rings. The van der Waals surface area contributed by atoms with E-state index in [0.29, 0.717) is 0 Å². The van der Waals surface area contributed by atoms with Gasteiger partial charge in [0, 0.05) is 17.8 Å². The van der Waals surface area contributed by atoms with Crippen molar-refractivity contribution in [1.82, 2.24) is 5.01 Å². The van der Waals surface area contributed by atoms with Crippen molar-refractivity contribution in [2.24, 2.45) is 15.3 Å². The number of rotatable bonds is 7. The van der Waals surface area contributed by atoms with Gasteiger partial charge < -0.3 is 9.84 Å². The van der Waals surface area contributed by atoms with Crippen LogP contribution < -0.4 is 4.74 Å². The third-order valence-electron chi connectivity index (χ3n) is 4.08. The van der Waals surface area contributed by atoms with Crippen molar-refractivity contribution in [1.29, 1.82) is 0 Å². The number of allylic oxidation sites excluding steroid dienone is 2. The van der Waals surface area contributed by atoms with Crippen molar-refractivity contribution >= 4 is 17.7 Å². The second-order valence-corrected chi connectivity index (χ2v) is 5.90. The first-order valence-corrected chi connectivity index (χ1v) is 8.09. The Labute approximate surface area is 154 Å². The number of ketones is 1. The molecule has 0 aromatic heterocycles. The van der Waals surface area contributed by atoms with E-state index in [4.69, 9.17) is 4.74 Å². The molecule has 0 spiro atoms. The predicted molar refractivity (Wildman–Crippen MR) is 96.2 cm³/mol. The van der Waals surface area contributed by atoms with Crippen LogP contribution in [0.2, 0.25) is 0 Å². The van der Waals surface area contributed by atoms with E-state index in [2.05, 4.69) is 15.3 Å². The quantitative estimate of drug-likeness (QED) is 0.442. The van der Waals surface area contributed by atoms with Crippen LogP contribution in [0.15, 0.2) is 51.8 Å². The summed E-state index contributed by atoms with van der Waals surface area (Å²) in [5.74, 6) is -0.530. The number of nitro benzene ring substituents is 1. The Kier molecular flexibility index (Phi) is 5.25. The fraction of sp³-hybridized carbons (Fsp3) is 0.294. The lowest BCUT2D eigenvalue weighted by molar-refractivity contribution is -0.385. The molecule has 0 saturated carbocycles. The number of methoxy groups -OCH3 is 1. The Bertz CT molecular complexity index is 877. The number of carbonyl (C=O) groups is 1. The number of nitro groups is 1. The molecule has 10 nitrogen and oxygen atoms in total. The van der Waals surface area contributed by atoms with Gasteiger partial charge in [-0.3, -0.25) is 24.9 Å². The third-order valence-corrected chi connectivity index (χ3v) is 4.08. The van der Waals surface area contributed by atoms with E-state index in [1.165, 1.54) is 13.3 Å². The molecular weight excluding hydrogens is 354 g/mol. The van der Waals surface area contributed by atoms with Crippen LogP contribution in [0.1, 0.15) is 5.56 Å². The molecule has 1 aliphatic heterocycles. The van der Waals surface area contributed by atoms with E-state index >= 15 is 0 Å². The average molecular weight is 371 g/mol. The minimum Gasteiger partial charge on any atom is -0.504 e. The molecule has 2 atom stereocenters. The van der Waals surface area contributed by atoms with Gasteiger partial charge in [0.2, 0.25) is 0 Å². The van der Waals surface area contributed by atoms with Gasteiger partial charge in [0.1, 0.15) is 6.04 Å². The highest BCUT2D eigenvalue weighted by atomic mass is 16.6. The minimum atomic E-state index is -0.606. The number of nitrogens with zero attached hydrogens (tertiary/aromatic N) is 5. The van der Waals surface area contributed by atoms with E-state index < -0.39 is 4.92 Å². The average Bonchev–Trinajstić information content (AvgIpc) is 3.06. The SMILES string of the molecule is COc1cc([N+](=O)[O-])cc(C=NCC(=O)CN2N=NC3C=CC=CC32)c1O. The lowest BCUT2D eigenvalue weighted by Gasteiger charge is -2.21. The normalized spacial score (nSPS) is 20.3. The smallest absolute Gasteiger partial charge is 0.274 e. The maximum atomic E-state index is 12.2. The molecule has 0 saturated heterocycles. The highest BCUT2D eigenvalue weighted by molar-refractivity contribution is 5.89. The van der Waals surface area contributed by atoms with E-state index in [1.54, 1.807) is 5.01 Å². The number of carbonyl (C=O) groups excluding carboxylic acids is 1. The van der Waals surface area contributed by atoms with Gasteiger partial charge in [-0.1, -0.05) is 29.5 Å². The number of phenolic OH excluding ortho intramolecular Hbond substituents is 1. The topological polar surface area (TPSA) is 130 Å². The number of non-ortho nitro benzene ring substituents is 1. The molecule has 1 N–H and O–H groups in total. The maximum absolute atomic E-state index is 12.2. The highest BCUT2D eigenvalue weighted by Gasteiger charge is 2.30. The number of hydrogen-bond acceptors (Lipinski definition) is 9. The molecule has 1 heterocycles. The van der Waals surface area contributed by atoms with E-state index in [1.807, 2.05) is 24.3 Å². The van der Waals surface area contributed by atoms with Crippen LogP contribution in [-0.4, -0.2) is 59.3 Å². The van der Waals surface area contributed by atoms with Gasteiger partial charge in [-0.15, -0.1) is 0 Å². The minimum absolute atomic E-state index is 0.0439. The summed E-state index contributed by atoms with van der Waals surface area (Å²) >= 11 is 0.